The minimum absolute atomic E-state index is 0.217. The highest BCUT2D eigenvalue weighted by atomic mass is 16.3. The number of nitrogens with one attached hydrogen (secondary N) is 4. The fraction of sp³-hybridized carbons (Fsp3) is 0.0833. The van der Waals surface area contributed by atoms with Gasteiger partial charge in [0.25, 0.3) is 23.6 Å². The molecule has 3 aromatic carbocycles. The Labute approximate surface area is 194 Å². The molecule has 0 aliphatic rings. The summed E-state index contributed by atoms with van der Waals surface area (Å²) < 4.78 is 0. The first-order chi connectivity index (χ1) is 16.4. The Balaban J connectivity index is 1.71. The third kappa shape index (κ3) is 6.25. The highest BCUT2D eigenvalue weighted by Crippen LogP contribution is 2.16. The van der Waals surface area contributed by atoms with E-state index in [2.05, 4.69) is 21.3 Å². The van der Waals surface area contributed by atoms with Crippen LogP contribution in [0.15, 0.2) is 72.8 Å². The van der Waals surface area contributed by atoms with E-state index >= 15 is 0 Å². The van der Waals surface area contributed by atoms with Crippen molar-refractivity contribution < 1.29 is 29.4 Å². The lowest BCUT2D eigenvalue weighted by atomic mass is 10.1. The fourth-order valence-corrected chi connectivity index (χ4v) is 3.03. The monoisotopic (exact) mass is 462 g/mol. The van der Waals surface area contributed by atoms with E-state index in [1.165, 1.54) is 42.5 Å². The quantitative estimate of drug-likeness (QED) is 0.279. The van der Waals surface area contributed by atoms with Crippen LogP contribution in [0, 0.1) is 0 Å². The molecule has 0 unspecified atom stereocenters. The molecule has 10 nitrogen and oxygen atoms in total. The van der Waals surface area contributed by atoms with Crippen LogP contribution < -0.4 is 21.3 Å². The molecule has 0 saturated heterocycles. The van der Waals surface area contributed by atoms with E-state index in [1.54, 1.807) is 30.3 Å². The van der Waals surface area contributed by atoms with Crippen molar-refractivity contribution in [1.82, 2.24) is 10.6 Å². The van der Waals surface area contributed by atoms with E-state index in [4.69, 9.17) is 10.2 Å². The van der Waals surface area contributed by atoms with Gasteiger partial charge in [0.05, 0.1) is 0 Å². The highest BCUT2D eigenvalue weighted by Gasteiger charge is 2.13. The third-order valence-corrected chi connectivity index (χ3v) is 4.63. The summed E-state index contributed by atoms with van der Waals surface area (Å²) in [5.41, 5.74) is 1.68. The van der Waals surface area contributed by atoms with E-state index in [0.717, 1.165) is 0 Å². The van der Waals surface area contributed by atoms with Gasteiger partial charge in [-0.25, -0.2) is 0 Å². The molecule has 174 valence electrons. The number of rotatable bonds is 8. The average Bonchev–Trinajstić information content (AvgIpc) is 2.84. The Morgan fingerprint density at radius 1 is 0.529 bits per heavy atom. The maximum atomic E-state index is 12.7. The zero-order chi connectivity index (χ0) is 24.5. The van der Waals surface area contributed by atoms with Crippen molar-refractivity contribution in [3.8, 4) is 0 Å². The molecule has 0 fully saturated rings. The van der Waals surface area contributed by atoms with E-state index in [9.17, 15) is 19.2 Å². The lowest BCUT2D eigenvalue weighted by Gasteiger charge is -2.10. The van der Waals surface area contributed by atoms with Crippen LogP contribution in [0.4, 0.5) is 11.4 Å². The Hall–Kier alpha value is -4.54. The van der Waals surface area contributed by atoms with Crippen LogP contribution in [-0.2, 0) is 0 Å². The molecule has 10 heteroatoms. The summed E-state index contributed by atoms with van der Waals surface area (Å²) in [6, 6.07) is 18.4. The molecule has 0 atom stereocenters. The zero-order valence-corrected chi connectivity index (χ0v) is 17.9. The van der Waals surface area contributed by atoms with E-state index in [-0.39, 0.29) is 22.3 Å². The molecular weight excluding hydrogens is 440 g/mol. The number of aliphatic hydroxyl groups is 2. The van der Waals surface area contributed by atoms with Crippen LogP contribution in [0.1, 0.15) is 41.4 Å². The van der Waals surface area contributed by atoms with Gasteiger partial charge in [-0.3, -0.25) is 19.2 Å². The standard InChI is InChI=1S/C24H22N4O6/c29-13-25-21(31)17-6-2-8-19(11-17)27-23(33)15-4-1-5-16(10-15)24(34)28-20-9-3-7-18(12-20)22(32)26-14-30/h1-12,29-30H,13-14H2,(H,25,31)(H,26,32)(H,27,33)(H,28,34). The largest absolute Gasteiger partial charge is 0.376 e. The zero-order valence-electron chi connectivity index (χ0n) is 17.9. The van der Waals surface area contributed by atoms with Gasteiger partial charge < -0.3 is 31.5 Å². The molecule has 4 amide bonds. The molecule has 3 rings (SSSR count). The summed E-state index contributed by atoms with van der Waals surface area (Å²) in [7, 11) is 0. The van der Waals surface area contributed by atoms with Gasteiger partial charge in [0.2, 0.25) is 0 Å². The van der Waals surface area contributed by atoms with E-state index < -0.39 is 37.1 Å². The van der Waals surface area contributed by atoms with Gasteiger partial charge in [-0.05, 0) is 54.6 Å². The van der Waals surface area contributed by atoms with Crippen LogP contribution in [0.3, 0.4) is 0 Å². The number of carbonyl (C=O) groups is 4. The summed E-state index contributed by atoms with van der Waals surface area (Å²) in [6.07, 6.45) is 0. The predicted octanol–water partition coefficient (Wildman–Crippen LogP) is 1.55. The van der Waals surface area contributed by atoms with Crippen molar-refractivity contribution in [1.29, 1.82) is 0 Å². The summed E-state index contributed by atoms with van der Waals surface area (Å²) in [6.45, 7) is -1.02. The first kappa shape index (κ1) is 24.1. The number of amides is 4. The lowest BCUT2D eigenvalue weighted by molar-refractivity contribution is 0.0900. The van der Waals surface area contributed by atoms with Crippen LogP contribution in [0.25, 0.3) is 0 Å². The van der Waals surface area contributed by atoms with Crippen LogP contribution >= 0.6 is 0 Å². The number of hydrogen-bond donors (Lipinski definition) is 6. The van der Waals surface area contributed by atoms with E-state index in [0.29, 0.717) is 11.4 Å². The number of anilines is 2. The third-order valence-electron chi connectivity index (χ3n) is 4.63. The normalized spacial score (nSPS) is 10.2. The van der Waals surface area contributed by atoms with E-state index in [1.807, 2.05) is 0 Å². The van der Waals surface area contributed by atoms with Crippen molar-refractivity contribution >= 4 is 35.0 Å². The molecule has 0 radical (unpaired) electrons. The van der Waals surface area contributed by atoms with Gasteiger partial charge in [0, 0.05) is 33.6 Å². The second-order valence-corrected chi connectivity index (χ2v) is 6.98. The molecule has 0 bridgehead atoms. The molecule has 0 aromatic heterocycles. The van der Waals surface area contributed by atoms with Crippen LogP contribution in [-0.4, -0.2) is 47.3 Å². The number of hydrogen-bond acceptors (Lipinski definition) is 6. The van der Waals surface area contributed by atoms with Crippen LogP contribution in [0.2, 0.25) is 0 Å². The molecule has 0 aliphatic heterocycles. The number of carbonyl (C=O) groups excluding carboxylic acids is 4. The smallest absolute Gasteiger partial charge is 0.255 e. The first-order valence-corrected chi connectivity index (χ1v) is 10.1. The Bertz CT molecular complexity index is 1140. The van der Waals surface area contributed by atoms with Crippen LogP contribution in [0.5, 0.6) is 0 Å². The molecule has 0 saturated carbocycles. The summed E-state index contributed by atoms with van der Waals surface area (Å²) in [5.74, 6) is -1.96. The second kappa shape index (κ2) is 11.4. The Kier molecular flexibility index (Phi) is 8.06. The van der Waals surface area contributed by atoms with Gasteiger partial charge in [-0.1, -0.05) is 18.2 Å². The van der Waals surface area contributed by atoms with Gasteiger partial charge in [0.15, 0.2) is 0 Å². The lowest BCUT2D eigenvalue weighted by Crippen LogP contribution is -2.24. The molecule has 34 heavy (non-hydrogen) atoms. The first-order valence-electron chi connectivity index (χ1n) is 10.1. The molecule has 6 N–H and O–H groups in total. The highest BCUT2D eigenvalue weighted by molar-refractivity contribution is 6.09. The topological polar surface area (TPSA) is 157 Å². The summed E-state index contributed by atoms with van der Waals surface area (Å²) in [4.78, 5) is 49.1. The van der Waals surface area contributed by atoms with Gasteiger partial charge in [-0.15, -0.1) is 0 Å². The van der Waals surface area contributed by atoms with Gasteiger partial charge >= 0.3 is 0 Å². The minimum atomic E-state index is -0.509. The number of benzene rings is 3. The van der Waals surface area contributed by atoms with Crippen molar-refractivity contribution in [3.63, 3.8) is 0 Å². The maximum Gasteiger partial charge on any atom is 0.255 e. The van der Waals surface area contributed by atoms with Gasteiger partial charge in [-0.2, -0.15) is 0 Å². The fourth-order valence-electron chi connectivity index (χ4n) is 3.03. The van der Waals surface area contributed by atoms with Crippen molar-refractivity contribution in [2.75, 3.05) is 24.1 Å². The average molecular weight is 462 g/mol. The second-order valence-electron chi connectivity index (χ2n) is 6.98. The van der Waals surface area contributed by atoms with Gasteiger partial charge in [0.1, 0.15) is 13.5 Å². The Morgan fingerprint density at radius 3 is 1.26 bits per heavy atom. The molecule has 0 aliphatic carbocycles. The molecule has 3 aromatic rings. The predicted molar refractivity (Wildman–Crippen MR) is 124 cm³/mol. The maximum absolute atomic E-state index is 12.7. The number of aliphatic hydroxyl groups excluding tert-OH is 2. The van der Waals surface area contributed by atoms with Crippen molar-refractivity contribution in [2.45, 2.75) is 0 Å². The molecule has 0 spiro atoms. The summed E-state index contributed by atoms with van der Waals surface area (Å²) in [5, 5.41) is 27.5. The summed E-state index contributed by atoms with van der Waals surface area (Å²) >= 11 is 0. The Morgan fingerprint density at radius 2 is 0.882 bits per heavy atom. The minimum Gasteiger partial charge on any atom is -0.376 e. The van der Waals surface area contributed by atoms with Crippen molar-refractivity contribution in [3.05, 3.63) is 95.1 Å². The molecular formula is C24H22N4O6. The van der Waals surface area contributed by atoms with Crippen molar-refractivity contribution in [2.24, 2.45) is 0 Å². The SMILES string of the molecule is O=C(NCO)c1cccc(NC(=O)c2cccc(C(=O)Nc3cccc(C(=O)NCO)c3)c2)c1. The molecule has 0 heterocycles.